The molecule has 4 N–H and O–H groups in total. The first-order chi connectivity index (χ1) is 19.6. The molecule has 13 heteroatoms. The zero-order chi connectivity index (χ0) is 29.1. The number of hydrogen-bond acceptors (Lipinski definition) is 10. The Labute approximate surface area is 243 Å². The van der Waals surface area contributed by atoms with Crippen molar-refractivity contribution < 1.29 is 32.5 Å². The number of nitrogens with zero attached hydrogens (tertiary/aromatic N) is 2. The van der Waals surface area contributed by atoms with Crippen LogP contribution in [-0.4, -0.2) is 79.7 Å². The van der Waals surface area contributed by atoms with E-state index < -0.39 is 34.4 Å². The molecule has 41 heavy (non-hydrogen) atoms. The van der Waals surface area contributed by atoms with Crippen LogP contribution >= 0.6 is 11.3 Å². The molecule has 11 nitrogen and oxygen atoms in total. The number of ether oxygens (including phenoxy) is 3. The summed E-state index contributed by atoms with van der Waals surface area (Å²) in [5.74, 6) is -0.0608. The molecule has 3 aromatic rings. The molecule has 2 saturated heterocycles. The Hall–Kier alpha value is -2.81. The van der Waals surface area contributed by atoms with Crippen LogP contribution in [0.3, 0.4) is 0 Å². The smallest absolute Gasteiger partial charge is 0.407 e. The molecule has 0 spiro atoms. The summed E-state index contributed by atoms with van der Waals surface area (Å²) in [5, 5.41) is 14.4. The van der Waals surface area contributed by atoms with Gasteiger partial charge in [-0.3, -0.25) is 0 Å². The number of nitrogens with one attached hydrogen (secondary N) is 1. The van der Waals surface area contributed by atoms with Crippen LogP contribution < -0.4 is 11.1 Å². The van der Waals surface area contributed by atoms with Crippen molar-refractivity contribution in [3.63, 3.8) is 0 Å². The number of anilines is 1. The number of rotatable bonds is 11. The Balaban J connectivity index is 1.38. The molecule has 3 heterocycles. The van der Waals surface area contributed by atoms with E-state index in [1.54, 1.807) is 12.1 Å². The van der Waals surface area contributed by atoms with Crippen LogP contribution in [0.2, 0.25) is 0 Å². The summed E-state index contributed by atoms with van der Waals surface area (Å²) in [6.45, 7) is 4.59. The van der Waals surface area contributed by atoms with Crippen molar-refractivity contribution >= 4 is 42.8 Å². The number of nitrogen functional groups attached to an aromatic ring is 1. The normalized spacial score (nSPS) is 22.2. The minimum Gasteiger partial charge on any atom is -0.443 e. The number of aliphatic hydroxyl groups is 1. The maximum atomic E-state index is 14.2. The number of sulfonamides is 1. The molecule has 1 amide bonds. The lowest BCUT2D eigenvalue weighted by Gasteiger charge is -2.35. The summed E-state index contributed by atoms with van der Waals surface area (Å²) in [6, 6.07) is 13.2. The number of alkyl carbamates (subject to hydrolysis) is 1. The minimum atomic E-state index is -4.07. The highest BCUT2D eigenvalue weighted by atomic mass is 32.2. The highest BCUT2D eigenvalue weighted by Crippen LogP contribution is 2.33. The number of amides is 1. The average Bonchev–Trinajstić information content (AvgIpc) is 3.65. The predicted molar refractivity (Wildman–Crippen MR) is 155 cm³/mol. The highest BCUT2D eigenvalue weighted by molar-refractivity contribution is 7.89. The molecule has 2 aromatic carbocycles. The van der Waals surface area contributed by atoms with Crippen molar-refractivity contribution in [3.8, 4) is 0 Å². The first-order valence-corrected chi connectivity index (χ1v) is 15.9. The molecule has 0 radical (unpaired) electrons. The van der Waals surface area contributed by atoms with Crippen molar-refractivity contribution in [1.82, 2.24) is 14.6 Å². The van der Waals surface area contributed by atoms with Crippen LogP contribution in [0.25, 0.3) is 10.2 Å². The van der Waals surface area contributed by atoms with E-state index in [1.807, 2.05) is 44.2 Å². The second kappa shape index (κ2) is 12.6. The van der Waals surface area contributed by atoms with Crippen LogP contribution in [0, 0.1) is 11.8 Å². The second-order valence-corrected chi connectivity index (χ2v) is 13.8. The van der Waals surface area contributed by atoms with Gasteiger partial charge in [0.2, 0.25) is 10.0 Å². The van der Waals surface area contributed by atoms with Gasteiger partial charge in [-0.05, 0) is 42.5 Å². The quantitative estimate of drug-likeness (QED) is 0.300. The fourth-order valence-electron chi connectivity index (χ4n) is 5.33. The van der Waals surface area contributed by atoms with Crippen LogP contribution in [0.5, 0.6) is 0 Å². The van der Waals surface area contributed by atoms with Crippen molar-refractivity contribution in [3.05, 3.63) is 54.1 Å². The van der Waals surface area contributed by atoms with Gasteiger partial charge in [-0.2, -0.15) is 4.31 Å². The molecule has 222 valence electrons. The van der Waals surface area contributed by atoms with Gasteiger partial charge in [0.1, 0.15) is 6.10 Å². The van der Waals surface area contributed by atoms with Gasteiger partial charge in [0, 0.05) is 13.1 Å². The van der Waals surface area contributed by atoms with E-state index in [-0.39, 0.29) is 49.1 Å². The lowest BCUT2D eigenvalue weighted by Crippen LogP contribution is -2.53. The summed E-state index contributed by atoms with van der Waals surface area (Å²) in [4.78, 5) is 17.0. The minimum absolute atomic E-state index is 0.0191. The average molecular weight is 605 g/mol. The zero-order valence-electron chi connectivity index (χ0n) is 23.0. The zero-order valence-corrected chi connectivity index (χ0v) is 24.6. The molecule has 5 atom stereocenters. The van der Waals surface area contributed by atoms with Crippen LogP contribution in [0.4, 0.5) is 9.93 Å². The highest BCUT2D eigenvalue weighted by Gasteiger charge is 2.44. The van der Waals surface area contributed by atoms with E-state index in [2.05, 4.69) is 10.3 Å². The molecule has 2 aliphatic heterocycles. The third-order valence-corrected chi connectivity index (χ3v) is 10.1. The lowest BCUT2D eigenvalue weighted by atomic mass is 10.0. The molecule has 5 unspecified atom stereocenters. The maximum absolute atomic E-state index is 14.2. The topological polar surface area (TPSA) is 153 Å². The van der Waals surface area contributed by atoms with Crippen molar-refractivity contribution in [1.29, 1.82) is 0 Å². The van der Waals surface area contributed by atoms with Gasteiger partial charge >= 0.3 is 6.09 Å². The number of thiazole rings is 1. The number of nitrogens with two attached hydrogens (primary N) is 1. The number of carbonyl (C=O) groups excluding carboxylic acids is 1. The van der Waals surface area contributed by atoms with Gasteiger partial charge in [-0.25, -0.2) is 18.2 Å². The monoisotopic (exact) mass is 604 g/mol. The summed E-state index contributed by atoms with van der Waals surface area (Å²) in [6.07, 6.45) is -1.75. The van der Waals surface area contributed by atoms with Gasteiger partial charge < -0.3 is 30.4 Å². The molecule has 5 rings (SSSR count). The van der Waals surface area contributed by atoms with Gasteiger partial charge in [0.15, 0.2) is 11.4 Å². The molecule has 1 aromatic heterocycles. The Kier molecular flexibility index (Phi) is 9.12. The summed E-state index contributed by atoms with van der Waals surface area (Å²) < 4.78 is 46.9. The Morgan fingerprint density at radius 2 is 2.02 bits per heavy atom. The van der Waals surface area contributed by atoms with E-state index in [4.69, 9.17) is 19.9 Å². The summed E-state index contributed by atoms with van der Waals surface area (Å²) >= 11 is 1.21. The van der Waals surface area contributed by atoms with Crippen LogP contribution in [-0.2, 0) is 30.7 Å². The van der Waals surface area contributed by atoms with Gasteiger partial charge in [-0.15, -0.1) is 0 Å². The molecular weight excluding hydrogens is 568 g/mol. The molecule has 2 aliphatic rings. The summed E-state index contributed by atoms with van der Waals surface area (Å²) in [7, 11) is -4.07. The number of benzene rings is 2. The fourth-order valence-corrected chi connectivity index (χ4v) is 8.02. The number of hydrogen-bond donors (Lipinski definition) is 3. The van der Waals surface area contributed by atoms with E-state index in [1.165, 1.54) is 21.7 Å². The third-order valence-electron chi connectivity index (χ3n) is 7.33. The standard InChI is InChI=1S/C28H36N4O7S2/c1-17(2)15-32(41(35,36)19-8-9-21-25(13-19)40-27(29)31-21)22(12-18-6-4-3-5-7-18)23(33)14-30-28(34)39-24-16-38-26-20(24)10-11-37-26/h3-9,13,17,20,22-24,26,33H,10-12,14-16H2,1-2H3,(H2,29,31)(H,30,34). The molecule has 2 fully saturated rings. The van der Waals surface area contributed by atoms with E-state index in [9.17, 15) is 18.3 Å². The SMILES string of the molecule is CC(C)CN(C(Cc1ccccc1)C(O)CNC(=O)OC1COC2OCCC12)S(=O)(=O)c1ccc2nc(N)sc2c1. The first kappa shape index (κ1) is 29.7. The number of aromatic nitrogens is 1. The third kappa shape index (κ3) is 6.82. The van der Waals surface area contributed by atoms with Crippen LogP contribution in [0.15, 0.2) is 53.4 Å². The van der Waals surface area contributed by atoms with Gasteiger partial charge in [0.05, 0.1) is 46.4 Å². The molecule has 0 saturated carbocycles. The van der Waals surface area contributed by atoms with Crippen LogP contribution in [0.1, 0.15) is 25.8 Å². The van der Waals surface area contributed by atoms with E-state index >= 15 is 0 Å². The van der Waals surface area contributed by atoms with Crippen molar-refractivity contribution in [2.45, 2.75) is 56.1 Å². The predicted octanol–water partition coefficient (Wildman–Crippen LogP) is 2.99. The van der Waals surface area contributed by atoms with Gasteiger partial charge in [-0.1, -0.05) is 55.5 Å². The van der Waals surface area contributed by atoms with Gasteiger partial charge in [0.25, 0.3) is 0 Å². The van der Waals surface area contributed by atoms with E-state index in [0.29, 0.717) is 22.0 Å². The Morgan fingerprint density at radius 3 is 2.78 bits per heavy atom. The second-order valence-electron chi connectivity index (χ2n) is 10.8. The molecule has 0 aliphatic carbocycles. The maximum Gasteiger partial charge on any atom is 0.407 e. The van der Waals surface area contributed by atoms with E-state index in [0.717, 1.165) is 12.0 Å². The van der Waals surface area contributed by atoms with Crippen molar-refractivity contribution in [2.75, 3.05) is 32.0 Å². The lowest BCUT2D eigenvalue weighted by molar-refractivity contribution is -0.0907. The number of carbonyl (C=O) groups is 1. The Morgan fingerprint density at radius 1 is 1.24 bits per heavy atom. The molecular formula is C28H36N4O7S2. The molecule has 0 bridgehead atoms. The number of fused-ring (bicyclic) bond motifs is 2. The van der Waals surface area contributed by atoms with Crippen molar-refractivity contribution in [2.24, 2.45) is 11.8 Å². The Bertz CT molecular complexity index is 1450. The number of aliphatic hydroxyl groups excluding tert-OH is 1. The first-order valence-electron chi connectivity index (χ1n) is 13.7. The largest absolute Gasteiger partial charge is 0.443 e. The summed E-state index contributed by atoms with van der Waals surface area (Å²) in [5.41, 5.74) is 7.31. The fraction of sp³-hybridized carbons (Fsp3) is 0.500.